The highest BCUT2D eigenvalue weighted by Gasteiger charge is 2.37. The molecule has 3 heterocycles. The monoisotopic (exact) mass is 353 g/mol. The van der Waals surface area contributed by atoms with E-state index in [1.165, 1.54) is 0 Å². The molecule has 6 nitrogen and oxygen atoms in total. The fraction of sp³-hybridized carbons (Fsp3) is 0.400. The summed E-state index contributed by atoms with van der Waals surface area (Å²) in [6.07, 6.45) is 3.77. The SMILES string of the molecule is O=C(Nc1ccc(Oc2ccccc2)nc1)C1CN(C2CCOCC2)C1. The summed E-state index contributed by atoms with van der Waals surface area (Å²) in [5.74, 6) is 1.35. The number of carbonyl (C=O) groups excluding carboxylic acids is 1. The van der Waals surface area contributed by atoms with Crippen molar-refractivity contribution in [1.29, 1.82) is 0 Å². The van der Waals surface area contributed by atoms with E-state index in [0.29, 0.717) is 17.6 Å². The molecule has 1 N–H and O–H groups in total. The van der Waals surface area contributed by atoms with E-state index in [1.54, 1.807) is 12.3 Å². The second-order valence-electron chi connectivity index (χ2n) is 6.78. The van der Waals surface area contributed by atoms with Gasteiger partial charge in [-0.2, -0.15) is 0 Å². The first-order valence-corrected chi connectivity index (χ1v) is 9.09. The van der Waals surface area contributed by atoms with Gasteiger partial charge in [0, 0.05) is 38.4 Å². The van der Waals surface area contributed by atoms with Crippen LogP contribution in [0.5, 0.6) is 11.6 Å². The van der Waals surface area contributed by atoms with Crippen LogP contribution in [0.3, 0.4) is 0 Å². The third-order valence-corrected chi connectivity index (χ3v) is 4.96. The number of hydrogen-bond acceptors (Lipinski definition) is 5. The van der Waals surface area contributed by atoms with Gasteiger partial charge in [-0.15, -0.1) is 0 Å². The van der Waals surface area contributed by atoms with Gasteiger partial charge < -0.3 is 14.8 Å². The van der Waals surface area contributed by atoms with Gasteiger partial charge in [0.1, 0.15) is 5.75 Å². The first-order valence-electron chi connectivity index (χ1n) is 9.09. The molecule has 0 spiro atoms. The third kappa shape index (κ3) is 4.03. The number of carbonyl (C=O) groups is 1. The molecule has 0 saturated carbocycles. The van der Waals surface area contributed by atoms with Gasteiger partial charge in [0.2, 0.25) is 11.8 Å². The molecule has 6 heteroatoms. The molecule has 1 aromatic carbocycles. The smallest absolute Gasteiger partial charge is 0.230 e. The van der Waals surface area contributed by atoms with Crippen molar-refractivity contribution < 1.29 is 14.3 Å². The number of amides is 1. The van der Waals surface area contributed by atoms with Crippen LogP contribution in [0.25, 0.3) is 0 Å². The van der Waals surface area contributed by atoms with Gasteiger partial charge in [0.05, 0.1) is 17.8 Å². The number of nitrogens with one attached hydrogen (secondary N) is 1. The van der Waals surface area contributed by atoms with Gasteiger partial charge in [-0.3, -0.25) is 9.69 Å². The molecule has 1 aromatic heterocycles. The zero-order valence-electron chi connectivity index (χ0n) is 14.6. The van der Waals surface area contributed by atoms with Crippen molar-refractivity contribution >= 4 is 11.6 Å². The van der Waals surface area contributed by atoms with E-state index in [9.17, 15) is 4.79 Å². The van der Waals surface area contributed by atoms with Crippen LogP contribution in [-0.2, 0) is 9.53 Å². The minimum Gasteiger partial charge on any atom is -0.439 e. The maximum Gasteiger partial charge on any atom is 0.230 e. The average Bonchev–Trinajstić information content (AvgIpc) is 2.64. The van der Waals surface area contributed by atoms with E-state index in [4.69, 9.17) is 9.47 Å². The summed E-state index contributed by atoms with van der Waals surface area (Å²) in [6, 6.07) is 13.6. The maximum absolute atomic E-state index is 12.4. The Morgan fingerprint density at radius 2 is 1.88 bits per heavy atom. The van der Waals surface area contributed by atoms with E-state index in [2.05, 4.69) is 15.2 Å². The second kappa shape index (κ2) is 7.85. The Bertz CT molecular complexity index is 724. The fourth-order valence-corrected chi connectivity index (χ4v) is 3.40. The number of rotatable bonds is 5. The third-order valence-electron chi connectivity index (χ3n) is 4.96. The van der Waals surface area contributed by atoms with Crippen LogP contribution in [-0.4, -0.2) is 48.1 Å². The van der Waals surface area contributed by atoms with Crippen molar-refractivity contribution in [1.82, 2.24) is 9.88 Å². The van der Waals surface area contributed by atoms with E-state index in [1.807, 2.05) is 36.4 Å². The number of pyridine rings is 1. The molecular weight excluding hydrogens is 330 g/mol. The van der Waals surface area contributed by atoms with Crippen LogP contribution in [0, 0.1) is 5.92 Å². The Balaban J connectivity index is 1.26. The number of hydrogen-bond donors (Lipinski definition) is 1. The summed E-state index contributed by atoms with van der Waals surface area (Å²) in [7, 11) is 0. The van der Waals surface area contributed by atoms with Crippen molar-refractivity contribution in [3.63, 3.8) is 0 Å². The molecule has 26 heavy (non-hydrogen) atoms. The van der Waals surface area contributed by atoms with Crippen molar-refractivity contribution in [3.05, 3.63) is 48.7 Å². The second-order valence-corrected chi connectivity index (χ2v) is 6.78. The largest absolute Gasteiger partial charge is 0.439 e. The van der Waals surface area contributed by atoms with E-state index in [0.717, 1.165) is 44.9 Å². The Morgan fingerprint density at radius 1 is 1.12 bits per heavy atom. The molecule has 2 aliphatic heterocycles. The predicted molar refractivity (Wildman–Crippen MR) is 98.3 cm³/mol. The van der Waals surface area contributed by atoms with Gasteiger partial charge in [0.25, 0.3) is 0 Å². The molecule has 0 atom stereocenters. The first-order chi connectivity index (χ1) is 12.8. The molecular formula is C20H23N3O3. The van der Waals surface area contributed by atoms with Crippen molar-refractivity contribution in [2.45, 2.75) is 18.9 Å². The number of nitrogens with zero attached hydrogens (tertiary/aromatic N) is 2. The van der Waals surface area contributed by atoms with E-state index >= 15 is 0 Å². The Kier molecular flexibility index (Phi) is 5.13. The highest BCUT2D eigenvalue weighted by molar-refractivity contribution is 5.93. The van der Waals surface area contributed by atoms with Crippen LogP contribution in [0.15, 0.2) is 48.7 Å². The molecule has 2 saturated heterocycles. The van der Waals surface area contributed by atoms with Gasteiger partial charge in [-0.1, -0.05) is 18.2 Å². The molecule has 0 unspecified atom stereocenters. The Morgan fingerprint density at radius 3 is 2.58 bits per heavy atom. The lowest BCUT2D eigenvalue weighted by Crippen LogP contribution is -2.57. The molecule has 0 aliphatic carbocycles. The topological polar surface area (TPSA) is 63.7 Å². The van der Waals surface area contributed by atoms with E-state index in [-0.39, 0.29) is 11.8 Å². The maximum atomic E-state index is 12.4. The van der Waals surface area contributed by atoms with Crippen LogP contribution in [0.4, 0.5) is 5.69 Å². The predicted octanol–water partition coefficient (Wildman–Crippen LogP) is 2.92. The minimum atomic E-state index is 0.0538. The normalized spacial score (nSPS) is 18.9. The van der Waals surface area contributed by atoms with Crippen molar-refractivity contribution in [2.24, 2.45) is 5.92 Å². The zero-order chi connectivity index (χ0) is 17.8. The fourth-order valence-electron chi connectivity index (χ4n) is 3.40. The molecule has 0 bridgehead atoms. The molecule has 1 amide bonds. The lowest BCUT2D eigenvalue weighted by molar-refractivity contribution is -0.127. The lowest BCUT2D eigenvalue weighted by Gasteiger charge is -2.44. The van der Waals surface area contributed by atoms with Gasteiger partial charge in [-0.25, -0.2) is 4.98 Å². The summed E-state index contributed by atoms with van der Waals surface area (Å²) < 4.78 is 11.1. The van der Waals surface area contributed by atoms with Gasteiger partial charge in [0.15, 0.2) is 0 Å². The van der Waals surface area contributed by atoms with Crippen molar-refractivity contribution in [2.75, 3.05) is 31.6 Å². The lowest BCUT2D eigenvalue weighted by atomic mass is 9.94. The quantitative estimate of drug-likeness (QED) is 0.895. The highest BCUT2D eigenvalue weighted by Crippen LogP contribution is 2.26. The average molecular weight is 353 g/mol. The molecule has 2 fully saturated rings. The van der Waals surface area contributed by atoms with Gasteiger partial charge >= 0.3 is 0 Å². The number of anilines is 1. The number of likely N-dealkylation sites (tertiary alicyclic amines) is 1. The zero-order valence-corrected chi connectivity index (χ0v) is 14.6. The number of aromatic nitrogens is 1. The Hall–Kier alpha value is -2.44. The van der Waals surface area contributed by atoms with Gasteiger partial charge in [-0.05, 0) is 31.0 Å². The van der Waals surface area contributed by atoms with Crippen LogP contribution < -0.4 is 10.1 Å². The van der Waals surface area contributed by atoms with Crippen molar-refractivity contribution in [3.8, 4) is 11.6 Å². The number of ether oxygens (including phenoxy) is 2. The minimum absolute atomic E-state index is 0.0538. The standard InChI is InChI=1S/C20H23N3O3/c24-20(15-13-23(14-15)17-8-10-25-11-9-17)22-16-6-7-19(21-12-16)26-18-4-2-1-3-5-18/h1-7,12,15,17H,8-11,13-14H2,(H,22,24). The summed E-state index contributed by atoms with van der Waals surface area (Å²) in [4.78, 5) is 19.0. The summed E-state index contributed by atoms with van der Waals surface area (Å²) in [5, 5.41) is 2.95. The molecule has 2 aromatic rings. The first kappa shape index (κ1) is 17.0. The van der Waals surface area contributed by atoms with E-state index < -0.39 is 0 Å². The Labute approximate surface area is 153 Å². The molecule has 4 rings (SSSR count). The highest BCUT2D eigenvalue weighted by atomic mass is 16.5. The summed E-state index contributed by atoms with van der Waals surface area (Å²) in [6.45, 7) is 3.33. The van der Waals surface area contributed by atoms with Crippen LogP contribution in [0.2, 0.25) is 0 Å². The molecule has 136 valence electrons. The summed E-state index contributed by atoms with van der Waals surface area (Å²) in [5.41, 5.74) is 0.694. The van der Waals surface area contributed by atoms with Crippen LogP contribution >= 0.6 is 0 Å². The summed E-state index contributed by atoms with van der Waals surface area (Å²) >= 11 is 0. The molecule has 0 radical (unpaired) electrons. The number of benzene rings is 1. The van der Waals surface area contributed by atoms with Crippen LogP contribution in [0.1, 0.15) is 12.8 Å². The molecule has 2 aliphatic rings. The number of para-hydroxylation sites is 1.